The van der Waals surface area contributed by atoms with Crippen molar-refractivity contribution in [2.45, 2.75) is 117 Å². The molecule has 286 valence electrons. The predicted molar refractivity (Wildman–Crippen MR) is 204 cm³/mol. The molecule has 13 nitrogen and oxygen atoms in total. The molecule has 2 aromatic heterocycles. The number of benzene rings is 2. The van der Waals surface area contributed by atoms with Crippen LogP contribution in [0.25, 0.3) is 21.9 Å². The lowest BCUT2D eigenvalue weighted by Crippen LogP contribution is -2.47. The molecule has 0 bridgehead atoms. The maximum absolute atomic E-state index is 12.1. The normalized spacial score (nSPS) is 13.4. The number of hydrogen-bond acceptors (Lipinski definition) is 10. The van der Waals surface area contributed by atoms with Gasteiger partial charge in [0, 0.05) is 44.2 Å². The summed E-state index contributed by atoms with van der Waals surface area (Å²) in [6.45, 7) is 16.3. The number of aryl methyl sites for hydroxylation is 2. The van der Waals surface area contributed by atoms with Crippen LogP contribution in [-0.4, -0.2) is 67.7 Å². The van der Waals surface area contributed by atoms with Crippen molar-refractivity contribution in [1.29, 1.82) is 0 Å². The summed E-state index contributed by atoms with van der Waals surface area (Å²) in [7, 11) is 0. The minimum Gasteiger partial charge on any atom is -0.508 e. The maximum atomic E-state index is 12.1. The minimum absolute atomic E-state index is 0.0567. The predicted octanol–water partition coefficient (Wildman–Crippen LogP) is 6.17. The number of imide groups is 1. The zero-order chi connectivity index (χ0) is 38.9. The lowest BCUT2D eigenvalue weighted by atomic mass is 9.81. The van der Waals surface area contributed by atoms with Crippen LogP contribution in [-0.2, 0) is 47.1 Å². The first-order chi connectivity index (χ1) is 25.1. The van der Waals surface area contributed by atoms with Gasteiger partial charge in [0.2, 0.25) is 5.91 Å². The monoisotopic (exact) mass is 730 g/mol. The number of nitrogens with two attached hydrogens (primary N) is 1. The molecule has 0 saturated carbocycles. The van der Waals surface area contributed by atoms with Gasteiger partial charge in [-0.1, -0.05) is 52.3 Å². The van der Waals surface area contributed by atoms with Gasteiger partial charge in [-0.25, -0.2) is 9.97 Å². The molecule has 0 spiro atoms. The fourth-order valence-corrected chi connectivity index (χ4v) is 6.29. The first kappa shape index (κ1) is 40.7. The van der Waals surface area contributed by atoms with Gasteiger partial charge < -0.3 is 30.3 Å². The Morgan fingerprint density at radius 3 is 2.40 bits per heavy atom. The maximum Gasteiger partial charge on any atom is 0.321 e. The zero-order valence-electron chi connectivity index (χ0n) is 32.1. The quantitative estimate of drug-likeness (QED) is 0.0686. The number of carbonyl (C=O) groups excluding carboxylic acids is 4. The van der Waals surface area contributed by atoms with Gasteiger partial charge in [-0.15, -0.1) is 5.06 Å². The number of rotatable bonds is 16. The van der Waals surface area contributed by atoms with E-state index in [9.17, 15) is 24.3 Å². The number of carbonyl (C=O) groups is 4. The zero-order valence-corrected chi connectivity index (χ0v) is 32.1. The van der Waals surface area contributed by atoms with Crippen molar-refractivity contribution in [2.24, 2.45) is 0 Å². The third kappa shape index (κ3) is 10.3. The summed E-state index contributed by atoms with van der Waals surface area (Å²) in [4.78, 5) is 56.8. The van der Waals surface area contributed by atoms with Crippen LogP contribution in [0.1, 0.15) is 109 Å². The molecule has 3 heterocycles. The number of unbranched alkanes of at least 4 members (excludes halogenated alkanes) is 1. The molecule has 0 radical (unpaired) electrons. The number of phenols is 1. The topological polar surface area (TPSA) is 179 Å². The van der Waals surface area contributed by atoms with Crippen molar-refractivity contribution < 1.29 is 33.9 Å². The van der Waals surface area contributed by atoms with Crippen molar-refractivity contribution in [3.05, 3.63) is 58.9 Å². The van der Waals surface area contributed by atoms with E-state index in [4.69, 9.17) is 20.4 Å². The van der Waals surface area contributed by atoms with Crippen LogP contribution >= 0.6 is 0 Å². The Bertz CT molecular complexity index is 1940. The molecule has 0 unspecified atom stereocenters. The average Bonchev–Trinajstić information content (AvgIpc) is 3.62. The highest BCUT2D eigenvalue weighted by Gasteiger charge is 2.31. The number of nitrogens with one attached hydrogen (secondary N) is 1. The third-order valence-electron chi connectivity index (χ3n) is 9.36. The molecule has 5 rings (SSSR count). The average molecular weight is 731 g/mol. The van der Waals surface area contributed by atoms with E-state index in [1.54, 1.807) is 6.07 Å². The molecule has 53 heavy (non-hydrogen) atoms. The van der Waals surface area contributed by atoms with Crippen LogP contribution in [0.3, 0.4) is 0 Å². The molecule has 13 heteroatoms. The van der Waals surface area contributed by atoms with Crippen molar-refractivity contribution in [2.75, 3.05) is 18.9 Å². The van der Waals surface area contributed by atoms with E-state index in [0.29, 0.717) is 42.8 Å². The summed E-state index contributed by atoms with van der Waals surface area (Å²) < 4.78 is 8.36. The highest BCUT2D eigenvalue weighted by Crippen LogP contribution is 2.35. The third-order valence-corrected chi connectivity index (χ3v) is 9.36. The number of anilines is 1. The largest absolute Gasteiger partial charge is 0.508 e. The molecule has 4 aromatic rings. The van der Waals surface area contributed by atoms with Gasteiger partial charge in [0.05, 0.1) is 23.2 Å². The van der Waals surface area contributed by atoms with E-state index in [1.165, 1.54) is 5.56 Å². The Morgan fingerprint density at radius 2 is 1.75 bits per heavy atom. The molecule has 2 aromatic carbocycles. The second kappa shape index (κ2) is 17.7. The van der Waals surface area contributed by atoms with Crippen molar-refractivity contribution in [1.82, 2.24) is 24.9 Å². The fourth-order valence-electron chi connectivity index (χ4n) is 6.29. The number of imidazole rings is 1. The second-order valence-corrected chi connectivity index (χ2v) is 14.9. The van der Waals surface area contributed by atoms with E-state index in [0.717, 1.165) is 71.0 Å². The Balaban J connectivity index is 0.000000541. The molecular weight excluding hydrogens is 676 g/mol. The number of fused-ring (bicyclic) bond motifs is 3. The molecule has 0 atom stereocenters. The number of ether oxygens (including phenoxy) is 1. The summed E-state index contributed by atoms with van der Waals surface area (Å²) in [5, 5.41) is 14.7. The summed E-state index contributed by atoms with van der Waals surface area (Å²) >= 11 is 0. The molecule has 1 saturated heterocycles. The summed E-state index contributed by atoms with van der Waals surface area (Å²) in [6, 6.07) is 12.2. The van der Waals surface area contributed by atoms with Gasteiger partial charge in [-0.3, -0.25) is 19.2 Å². The number of amides is 3. The Kier molecular flexibility index (Phi) is 13.6. The molecule has 1 aliphatic rings. The van der Waals surface area contributed by atoms with Crippen LogP contribution in [0.5, 0.6) is 5.75 Å². The number of aromatic nitrogens is 3. The summed E-state index contributed by atoms with van der Waals surface area (Å²) in [5.74, 6) is 0.871. The highest BCUT2D eigenvalue weighted by atomic mass is 16.7. The standard InChI is InChI=1S/C35H49N5O3.C5H5NO4/c1-8-10-12-29-38-31-32(40(29)21-24-13-16-28(41)23(3)19-24)26-20-25(14-15-27(26)37-33(31)36)34(4,5)17-18-43-22-35(6,7)39-30(42)11-9-2;7-3-10-6-4(8)1-2-5(6)9/h13-16,19-20,41H,8-12,17-18,21-22H2,1-7H3,(H2,36,37)(H,39,42);3H,1-2H2. The van der Waals surface area contributed by atoms with E-state index in [1.807, 2.05) is 39.8 Å². The van der Waals surface area contributed by atoms with Gasteiger partial charge in [0.1, 0.15) is 17.1 Å². The van der Waals surface area contributed by atoms with Gasteiger partial charge in [0.15, 0.2) is 5.82 Å². The SMILES string of the molecule is CCCCc1nc2c(N)nc3ccc(C(C)(C)CCOCC(C)(C)NC(=O)CCC)cc3c2n1Cc1ccc(O)c(C)c1.O=CON1C(=O)CCC1=O. The number of phenolic OH excluding ortho intramolecular Hbond substituents is 1. The lowest BCUT2D eigenvalue weighted by Gasteiger charge is -2.29. The molecule has 4 N–H and O–H groups in total. The van der Waals surface area contributed by atoms with Gasteiger partial charge >= 0.3 is 6.47 Å². The Morgan fingerprint density at radius 1 is 1.04 bits per heavy atom. The fraction of sp³-hybridized carbons (Fsp3) is 0.500. The first-order valence-corrected chi connectivity index (χ1v) is 18.3. The highest BCUT2D eigenvalue weighted by molar-refractivity contribution is 6.07. The number of hydroxylamine groups is 2. The number of pyridine rings is 1. The van der Waals surface area contributed by atoms with Gasteiger partial charge in [-0.05, 0) is 80.3 Å². The van der Waals surface area contributed by atoms with E-state index in [-0.39, 0.29) is 30.6 Å². The van der Waals surface area contributed by atoms with Gasteiger partial charge in [0.25, 0.3) is 11.8 Å². The number of aromatic hydroxyl groups is 1. The van der Waals surface area contributed by atoms with Crippen molar-refractivity contribution >= 4 is 51.9 Å². The lowest BCUT2D eigenvalue weighted by molar-refractivity contribution is -0.188. The van der Waals surface area contributed by atoms with E-state index in [2.05, 4.69) is 53.7 Å². The smallest absolute Gasteiger partial charge is 0.321 e. The van der Waals surface area contributed by atoms with Crippen LogP contribution in [0, 0.1) is 6.92 Å². The summed E-state index contributed by atoms with van der Waals surface area (Å²) in [6.07, 6.45) is 5.38. The summed E-state index contributed by atoms with van der Waals surface area (Å²) in [5.41, 5.74) is 11.6. The first-order valence-electron chi connectivity index (χ1n) is 18.3. The van der Waals surface area contributed by atoms with Crippen molar-refractivity contribution in [3.8, 4) is 5.75 Å². The molecular formula is C40H54N6O7. The van der Waals surface area contributed by atoms with E-state index < -0.39 is 17.4 Å². The number of nitrogens with zero attached hydrogens (tertiary/aromatic N) is 4. The van der Waals surface area contributed by atoms with Crippen LogP contribution in [0.4, 0.5) is 5.82 Å². The van der Waals surface area contributed by atoms with Crippen molar-refractivity contribution in [3.63, 3.8) is 0 Å². The number of nitrogen functional groups attached to an aromatic ring is 1. The van der Waals surface area contributed by atoms with Gasteiger partial charge in [-0.2, -0.15) is 0 Å². The Hall–Kier alpha value is -5.04. The molecule has 1 aliphatic heterocycles. The van der Waals surface area contributed by atoms with Crippen LogP contribution < -0.4 is 11.1 Å². The second-order valence-electron chi connectivity index (χ2n) is 14.9. The van der Waals surface area contributed by atoms with Crippen LogP contribution in [0.15, 0.2) is 36.4 Å². The molecule has 1 fully saturated rings. The molecule has 0 aliphatic carbocycles. The van der Waals surface area contributed by atoms with Crippen LogP contribution in [0.2, 0.25) is 0 Å². The Labute approximate surface area is 311 Å². The van der Waals surface area contributed by atoms with E-state index >= 15 is 0 Å². The minimum atomic E-state index is -0.461. The number of hydrogen-bond donors (Lipinski definition) is 3. The molecule has 3 amide bonds.